The van der Waals surface area contributed by atoms with Gasteiger partial charge in [0.25, 0.3) is 0 Å². The van der Waals surface area contributed by atoms with E-state index >= 15 is 0 Å². The summed E-state index contributed by atoms with van der Waals surface area (Å²) in [6.45, 7) is -0.131. The average Bonchev–Trinajstić information content (AvgIpc) is 2.80. The molecular weight excluding hydrogens is 342 g/mol. The molecule has 1 amide bonds. The first-order chi connectivity index (χ1) is 11.8. The summed E-state index contributed by atoms with van der Waals surface area (Å²) in [5, 5.41) is 2.67. The van der Waals surface area contributed by atoms with E-state index in [9.17, 15) is 18.0 Å². The molecule has 0 bridgehead atoms. The third kappa shape index (κ3) is 3.34. The van der Waals surface area contributed by atoms with Crippen molar-refractivity contribution < 1.29 is 13.2 Å². The second-order valence-electron chi connectivity index (χ2n) is 5.76. The van der Waals surface area contributed by atoms with Crippen molar-refractivity contribution in [3.63, 3.8) is 0 Å². The lowest BCUT2D eigenvalue weighted by Gasteiger charge is -2.07. The SMILES string of the molecule is Cn1c(=O)n(CC(=O)Nc2ccc(S(C)(=O)=O)cc2)c2ccccc21. The molecule has 0 fully saturated rings. The number of aryl methyl sites for hydroxylation is 1. The molecule has 0 atom stereocenters. The Kier molecular flexibility index (Phi) is 4.22. The van der Waals surface area contributed by atoms with E-state index in [4.69, 9.17) is 0 Å². The average molecular weight is 359 g/mol. The number of hydrogen-bond donors (Lipinski definition) is 1. The molecule has 2 aromatic carbocycles. The van der Waals surface area contributed by atoms with E-state index in [-0.39, 0.29) is 23.0 Å². The summed E-state index contributed by atoms with van der Waals surface area (Å²) in [6.07, 6.45) is 1.12. The van der Waals surface area contributed by atoms with Crippen LogP contribution in [0.2, 0.25) is 0 Å². The number of carbonyl (C=O) groups excluding carboxylic acids is 1. The van der Waals surface area contributed by atoms with Crippen molar-refractivity contribution in [1.82, 2.24) is 9.13 Å². The number of nitrogens with zero attached hydrogens (tertiary/aromatic N) is 2. The molecule has 0 saturated carbocycles. The van der Waals surface area contributed by atoms with Gasteiger partial charge in [-0.1, -0.05) is 12.1 Å². The number of aromatic nitrogens is 2. The topological polar surface area (TPSA) is 90.2 Å². The maximum atomic E-state index is 12.3. The van der Waals surface area contributed by atoms with Gasteiger partial charge in [0.15, 0.2) is 9.84 Å². The molecule has 0 aliphatic rings. The van der Waals surface area contributed by atoms with E-state index in [1.807, 2.05) is 12.1 Å². The second-order valence-corrected chi connectivity index (χ2v) is 7.78. The summed E-state index contributed by atoms with van der Waals surface area (Å²) >= 11 is 0. The van der Waals surface area contributed by atoms with Gasteiger partial charge in [-0.15, -0.1) is 0 Å². The number of hydrogen-bond acceptors (Lipinski definition) is 4. The number of imidazole rings is 1. The van der Waals surface area contributed by atoms with E-state index in [2.05, 4.69) is 5.32 Å². The zero-order valence-corrected chi connectivity index (χ0v) is 14.6. The van der Waals surface area contributed by atoms with Crippen LogP contribution in [-0.2, 0) is 28.2 Å². The van der Waals surface area contributed by atoms with Crippen LogP contribution in [0.25, 0.3) is 11.0 Å². The fraction of sp³-hybridized carbons (Fsp3) is 0.176. The highest BCUT2D eigenvalue weighted by molar-refractivity contribution is 7.90. The molecule has 0 spiro atoms. The van der Waals surface area contributed by atoms with Crippen molar-refractivity contribution in [2.75, 3.05) is 11.6 Å². The first-order valence-corrected chi connectivity index (χ1v) is 9.41. The molecule has 0 aliphatic heterocycles. The largest absolute Gasteiger partial charge is 0.329 e. The lowest BCUT2D eigenvalue weighted by Crippen LogP contribution is -2.28. The normalized spacial score (nSPS) is 11.6. The van der Waals surface area contributed by atoms with Gasteiger partial charge >= 0.3 is 5.69 Å². The molecule has 8 heteroatoms. The van der Waals surface area contributed by atoms with Gasteiger partial charge in [0.2, 0.25) is 5.91 Å². The summed E-state index contributed by atoms with van der Waals surface area (Å²) in [6, 6.07) is 13.1. The Balaban J connectivity index is 1.82. The number of sulfone groups is 1. The van der Waals surface area contributed by atoms with Crippen LogP contribution in [0.1, 0.15) is 0 Å². The predicted octanol–water partition coefficient (Wildman–Crippen LogP) is 1.38. The Bertz CT molecular complexity index is 1110. The highest BCUT2D eigenvalue weighted by Gasteiger charge is 2.13. The van der Waals surface area contributed by atoms with Crippen LogP contribution in [0, 0.1) is 0 Å². The number of para-hydroxylation sites is 2. The highest BCUT2D eigenvalue weighted by atomic mass is 32.2. The Hall–Kier alpha value is -2.87. The third-order valence-electron chi connectivity index (χ3n) is 3.92. The Labute approximate surface area is 144 Å². The number of nitrogens with one attached hydrogen (secondary N) is 1. The highest BCUT2D eigenvalue weighted by Crippen LogP contribution is 2.15. The number of benzene rings is 2. The van der Waals surface area contributed by atoms with Crippen molar-refractivity contribution in [2.24, 2.45) is 7.05 Å². The van der Waals surface area contributed by atoms with Crippen molar-refractivity contribution in [3.8, 4) is 0 Å². The monoisotopic (exact) mass is 359 g/mol. The van der Waals surface area contributed by atoms with Gasteiger partial charge in [0.05, 0.1) is 15.9 Å². The van der Waals surface area contributed by atoms with Gasteiger partial charge in [-0.3, -0.25) is 13.9 Å². The Morgan fingerprint density at radius 2 is 1.64 bits per heavy atom. The van der Waals surface area contributed by atoms with E-state index in [1.165, 1.54) is 33.4 Å². The molecule has 1 N–H and O–H groups in total. The Morgan fingerprint density at radius 1 is 1.04 bits per heavy atom. The molecule has 0 unspecified atom stereocenters. The van der Waals surface area contributed by atoms with Gasteiger partial charge in [-0.2, -0.15) is 0 Å². The molecule has 3 rings (SSSR count). The molecular formula is C17H17N3O4S. The summed E-state index contributed by atoms with van der Waals surface area (Å²) in [5.74, 6) is -0.370. The number of anilines is 1. The van der Waals surface area contributed by atoms with Crippen LogP contribution in [0.5, 0.6) is 0 Å². The minimum atomic E-state index is -3.28. The van der Waals surface area contributed by atoms with Crippen molar-refractivity contribution in [1.29, 1.82) is 0 Å². The molecule has 130 valence electrons. The van der Waals surface area contributed by atoms with Crippen LogP contribution in [0.3, 0.4) is 0 Å². The summed E-state index contributed by atoms with van der Waals surface area (Å²) in [7, 11) is -1.63. The first-order valence-electron chi connectivity index (χ1n) is 7.51. The van der Waals surface area contributed by atoms with Crippen LogP contribution in [0.15, 0.2) is 58.2 Å². The Morgan fingerprint density at radius 3 is 2.24 bits per heavy atom. The fourth-order valence-electron chi connectivity index (χ4n) is 2.65. The molecule has 0 radical (unpaired) electrons. The van der Waals surface area contributed by atoms with Gasteiger partial charge < -0.3 is 5.32 Å². The molecule has 7 nitrogen and oxygen atoms in total. The minimum absolute atomic E-state index is 0.131. The first kappa shape index (κ1) is 17.0. The van der Waals surface area contributed by atoms with E-state index < -0.39 is 9.84 Å². The van der Waals surface area contributed by atoms with Crippen molar-refractivity contribution in [2.45, 2.75) is 11.4 Å². The minimum Gasteiger partial charge on any atom is -0.325 e. The lowest BCUT2D eigenvalue weighted by atomic mass is 10.3. The number of amides is 1. The molecule has 25 heavy (non-hydrogen) atoms. The summed E-state index contributed by atoms with van der Waals surface area (Å²) < 4.78 is 25.8. The standard InChI is InChI=1S/C17H17N3O4S/c1-19-14-5-3-4-6-15(14)20(17(19)22)11-16(21)18-12-7-9-13(10-8-12)25(2,23)24/h3-10H,11H2,1-2H3,(H,18,21). The third-order valence-corrected chi connectivity index (χ3v) is 5.05. The van der Waals surface area contributed by atoms with Crippen LogP contribution in [-0.4, -0.2) is 29.7 Å². The lowest BCUT2D eigenvalue weighted by molar-refractivity contribution is -0.116. The zero-order valence-electron chi connectivity index (χ0n) is 13.8. The molecule has 1 aromatic heterocycles. The van der Waals surface area contributed by atoms with Crippen molar-refractivity contribution >= 4 is 32.5 Å². The quantitative estimate of drug-likeness (QED) is 0.762. The van der Waals surface area contributed by atoms with E-state index in [0.29, 0.717) is 11.2 Å². The summed E-state index contributed by atoms with van der Waals surface area (Å²) in [4.78, 5) is 24.8. The predicted molar refractivity (Wildman–Crippen MR) is 95.4 cm³/mol. The number of carbonyl (C=O) groups is 1. The maximum Gasteiger partial charge on any atom is 0.329 e. The van der Waals surface area contributed by atoms with E-state index in [1.54, 1.807) is 19.2 Å². The zero-order chi connectivity index (χ0) is 18.2. The smallest absolute Gasteiger partial charge is 0.325 e. The number of fused-ring (bicyclic) bond motifs is 1. The van der Waals surface area contributed by atoms with Gasteiger partial charge in [-0.05, 0) is 36.4 Å². The van der Waals surface area contributed by atoms with Gasteiger partial charge in [0.1, 0.15) is 6.54 Å². The van der Waals surface area contributed by atoms with Gasteiger partial charge in [0, 0.05) is 19.0 Å². The second kappa shape index (κ2) is 6.21. The fourth-order valence-corrected chi connectivity index (χ4v) is 3.28. The van der Waals surface area contributed by atoms with Crippen LogP contribution in [0.4, 0.5) is 5.69 Å². The van der Waals surface area contributed by atoms with Gasteiger partial charge in [-0.25, -0.2) is 13.2 Å². The van der Waals surface area contributed by atoms with E-state index in [0.717, 1.165) is 11.8 Å². The van der Waals surface area contributed by atoms with Crippen molar-refractivity contribution in [3.05, 3.63) is 59.0 Å². The molecule has 1 heterocycles. The molecule has 0 saturated heterocycles. The maximum absolute atomic E-state index is 12.3. The summed E-state index contributed by atoms with van der Waals surface area (Å²) in [5.41, 5.74) is 1.62. The van der Waals surface area contributed by atoms with Crippen LogP contribution >= 0.6 is 0 Å². The van der Waals surface area contributed by atoms with Crippen LogP contribution < -0.4 is 11.0 Å². The molecule has 0 aliphatic carbocycles. The number of rotatable bonds is 4. The molecule has 3 aromatic rings.